The number of aromatic nitrogens is 2. The largest absolute Gasteiger partial charge is 0.476 e. The molecule has 19 heavy (non-hydrogen) atoms. The van der Waals surface area contributed by atoms with E-state index in [1.807, 2.05) is 6.92 Å². The average Bonchev–Trinajstić information content (AvgIpc) is 2.33. The SMILES string of the molecule is CCc1c(Cl)ncnc1OCCN(C(C)C)C(C)C. The van der Waals surface area contributed by atoms with Gasteiger partial charge < -0.3 is 4.74 Å². The van der Waals surface area contributed by atoms with Crippen molar-refractivity contribution in [2.75, 3.05) is 13.2 Å². The molecule has 1 heterocycles. The van der Waals surface area contributed by atoms with Gasteiger partial charge in [-0.15, -0.1) is 0 Å². The third-order valence-electron chi connectivity index (χ3n) is 3.12. The number of nitrogens with zero attached hydrogens (tertiary/aromatic N) is 3. The number of rotatable bonds is 7. The number of hydrogen-bond acceptors (Lipinski definition) is 4. The van der Waals surface area contributed by atoms with Crippen LogP contribution in [-0.2, 0) is 6.42 Å². The smallest absolute Gasteiger partial charge is 0.221 e. The molecule has 0 unspecified atom stereocenters. The maximum Gasteiger partial charge on any atom is 0.221 e. The Labute approximate surface area is 121 Å². The first-order chi connectivity index (χ1) is 8.97. The molecule has 1 aromatic heterocycles. The van der Waals surface area contributed by atoms with Crippen molar-refractivity contribution in [3.05, 3.63) is 17.0 Å². The zero-order chi connectivity index (χ0) is 14.4. The van der Waals surface area contributed by atoms with E-state index in [1.165, 1.54) is 6.33 Å². The van der Waals surface area contributed by atoms with Crippen LogP contribution < -0.4 is 4.74 Å². The predicted molar refractivity (Wildman–Crippen MR) is 78.9 cm³/mol. The summed E-state index contributed by atoms with van der Waals surface area (Å²) in [7, 11) is 0. The van der Waals surface area contributed by atoms with E-state index in [1.54, 1.807) is 0 Å². The van der Waals surface area contributed by atoms with Gasteiger partial charge >= 0.3 is 0 Å². The van der Waals surface area contributed by atoms with Gasteiger partial charge in [0.2, 0.25) is 5.88 Å². The van der Waals surface area contributed by atoms with Crippen LogP contribution in [0.5, 0.6) is 5.88 Å². The van der Waals surface area contributed by atoms with Gasteiger partial charge in [-0.2, -0.15) is 0 Å². The van der Waals surface area contributed by atoms with Crippen molar-refractivity contribution in [2.24, 2.45) is 0 Å². The summed E-state index contributed by atoms with van der Waals surface area (Å²) >= 11 is 6.03. The Morgan fingerprint density at radius 3 is 2.37 bits per heavy atom. The molecule has 1 rings (SSSR count). The molecule has 4 nitrogen and oxygen atoms in total. The molecule has 0 aliphatic carbocycles. The highest BCUT2D eigenvalue weighted by Gasteiger charge is 2.14. The van der Waals surface area contributed by atoms with Crippen molar-refractivity contribution >= 4 is 11.6 Å². The van der Waals surface area contributed by atoms with E-state index in [9.17, 15) is 0 Å². The molecule has 0 bridgehead atoms. The number of halogens is 1. The molecule has 0 saturated heterocycles. The summed E-state index contributed by atoms with van der Waals surface area (Å²) in [6.07, 6.45) is 2.21. The van der Waals surface area contributed by atoms with Crippen LogP contribution in [0.1, 0.15) is 40.2 Å². The highest BCUT2D eigenvalue weighted by molar-refractivity contribution is 6.30. The molecule has 0 aliphatic heterocycles. The molecule has 5 heteroatoms. The Morgan fingerprint density at radius 2 is 1.84 bits per heavy atom. The standard InChI is InChI=1S/C14H24ClN3O/c1-6-12-13(15)16-9-17-14(12)19-8-7-18(10(2)3)11(4)5/h9-11H,6-8H2,1-5H3. The van der Waals surface area contributed by atoms with Gasteiger partial charge in [-0.3, -0.25) is 4.90 Å². The molecule has 1 aromatic rings. The number of hydrogen-bond donors (Lipinski definition) is 0. The monoisotopic (exact) mass is 285 g/mol. The fourth-order valence-electron chi connectivity index (χ4n) is 2.16. The van der Waals surface area contributed by atoms with Crippen LogP contribution in [0.4, 0.5) is 0 Å². The molecule has 0 amide bonds. The molecular formula is C14H24ClN3O. The molecule has 0 spiro atoms. The van der Waals surface area contributed by atoms with Crippen molar-refractivity contribution in [1.29, 1.82) is 0 Å². The summed E-state index contributed by atoms with van der Waals surface area (Å²) in [6, 6.07) is 1.01. The quantitative estimate of drug-likeness (QED) is 0.721. The highest BCUT2D eigenvalue weighted by atomic mass is 35.5. The summed E-state index contributed by atoms with van der Waals surface area (Å²) in [4.78, 5) is 10.5. The highest BCUT2D eigenvalue weighted by Crippen LogP contribution is 2.22. The van der Waals surface area contributed by atoms with E-state index in [0.717, 1.165) is 18.5 Å². The Balaban J connectivity index is 2.60. The molecule has 0 atom stereocenters. The first-order valence-electron chi connectivity index (χ1n) is 6.85. The van der Waals surface area contributed by atoms with Crippen LogP contribution in [-0.4, -0.2) is 40.1 Å². The van der Waals surface area contributed by atoms with Gasteiger partial charge in [0.25, 0.3) is 0 Å². The summed E-state index contributed by atoms with van der Waals surface area (Å²) in [5.41, 5.74) is 0.879. The second-order valence-corrected chi connectivity index (χ2v) is 5.43. The van der Waals surface area contributed by atoms with Gasteiger partial charge in [0.05, 0.1) is 5.56 Å². The maximum atomic E-state index is 6.03. The van der Waals surface area contributed by atoms with E-state index in [0.29, 0.717) is 29.7 Å². The first kappa shape index (κ1) is 16.2. The van der Waals surface area contributed by atoms with Crippen molar-refractivity contribution in [1.82, 2.24) is 14.9 Å². The van der Waals surface area contributed by atoms with Crippen molar-refractivity contribution < 1.29 is 4.74 Å². The molecule has 0 N–H and O–H groups in total. The minimum absolute atomic E-state index is 0.483. The van der Waals surface area contributed by atoms with Crippen molar-refractivity contribution in [3.63, 3.8) is 0 Å². The van der Waals surface area contributed by atoms with Crippen LogP contribution in [0.2, 0.25) is 5.15 Å². The predicted octanol–water partition coefficient (Wildman–Crippen LogP) is 3.19. The minimum atomic E-state index is 0.483. The zero-order valence-corrected chi connectivity index (χ0v) is 13.2. The third kappa shape index (κ3) is 4.62. The Bertz CT molecular complexity index is 388. The molecular weight excluding hydrogens is 262 g/mol. The second kappa shape index (κ2) is 7.65. The maximum absolute atomic E-state index is 6.03. The van der Waals surface area contributed by atoms with Crippen LogP contribution in [0.15, 0.2) is 6.33 Å². The van der Waals surface area contributed by atoms with Crippen LogP contribution in [0.3, 0.4) is 0 Å². The van der Waals surface area contributed by atoms with Gasteiger partial charge in [-0.25, -0.2) is 9.97 Å². The molecule has 108 valence electrons. The van der Waals surface area contributed by atoms with E-state index in [2.05, 4.69) is 42.6 Å². The van der Waals surface area contributed by atoms with E-state index in [-0.39, 0.29) is 0 Å². The topological polar surface area (TPSA) is 38.3 Å². The first-order valence-corrected chi connectivity index (χ1v) is 7.23. The molecule has 0 aliphatic rings. The fourth-order valence-corrected chi connectivity index (χ4v) is 2.42. The molecule has 0 saturated carbocycles. The fraction of sp³-hybridized carbons (Fsp3) is 0.714. The Morgan fingerprint density at radius 1 is 1.21 bits per heavy atom. The van der Waals surface area contributed by atoms with Crippen LogP contribution >= 0.6 is 11.6 Å². The Kier molecular flexibility index (Phi) is 6.52. The summed E-state index contributed by atoms with van der Waals surface area (Å²) in [5, 5.41) is 0.483. The van der Waals surface area contributed by atoms with E-state index < -0.39 is 0 Å². The average molecular weight is 286 g/mol. The molecule has 0 fully saturated rings. The summed E-state index contributed by atoms with van der Waals surface area (Å²) in [5.74, 6) is 0.606. The lowest BCUT2D eigenvalue weighted by molar-refractivity contribution is 0.139. The van der Waals surface area contributed by atoms with Crippen molar-refractivity contribution in [2.45, 2.75) is 53.1 Å². The van der Waals surface area contributed by atoms with Crippen molar-refractivity contribution in [3.8, 4) is 5.88 Å². The lowest BCUT2D eigenvalue weighted by atomic mass is 10.2. The van der Waals surface area contributed by atoms with Gasteiger partial charge in [-0.05, 0) is 34.1 Å². The van der Waals surface area contributed by atoms with Crippen LogP contribution in [0, 0.1) is 0 Å². The van der Waals surface area contributed by atoms with E-state index in [4.69, 9.17) is 16.3 Å². The Hall–Kier alpha value is -0.870. The normalized spacial score (nSPS) is 11.6. The van der Waals surface area contributed by atoms with Gasteiger partial charge in [-0.1, -0.05) is 18.5 Å². The van der Waals surface area contributed by atoms with Crippen LogP contribution in [0.25, 0.3) is 0 Å². The molecule has 0 radical (unpaired) electrons. The lowest BCUT2D eigenvalue weighted by Crippen LogP contribution is -2.39. The summed E-state index contributed by atoms with van der Waals surface area (Å²) in [6.45, 7) is 12.3. The number of ether oxygens (including phenoxy) is 1. The van der Waals surface area contributed by atoms with Gasteiger partial charge in [0.15, 0.2) is 0 Å². The second-order valence-electron chi connectivity index (χ2n) is 5.08. The van der Waals surface area contributed by atoms with Gasteiger partial charge in [0.1, 0.15) is 18.1 Å². The third-order valence-corrected chi connectivity index (χ3v) is 3.45. The lowest BCUT2D eigenvalue weighted by Gasteiger charge is -2.30. The summed E-state index contributed by atoms with van der Waals surface area (Å²) < 4.78 is 5.76. The van der Waals surface area contributed by atoms with E-state index >= 15 is 0 Å². The minimum Gasteiger partial charge on any atom is -0.476 e. The zero-order valence-electron chi connectivity index (χ0n) is 12.5. The molecule has 0 aromatic carbocycles. The van der Waals surface area contributed by atoms with Gasteiger partial charge in [0, 0.05) is 18.6 Å².